The molecule has 0 bridgehead atoms. The quantitative estimate of drug-likeness (QED) is 0.856. The zero-order chi connectivity index (χ0) is 13.8. The van der Waals surface area contributed by atoms with Gasteiger partial charge in [0, 0.05) is 32.7 Å². The van der Waals surface area contributed by atoms with Gasteiger partial charge in [-0.05, 0) is 31.9 Å². The molecule has 6 heteroatoms. The molecule has 1 aliphatic rings. The normalized spacial score (nSPS) is 16.5. The summed E-state index contributed by atoms with van der Waals surface area (Å²) < 4.78 is 0. The average molecular weight is 263 g/mol. The minimum atomic E-state index is -0.140. The molecule has 1 aliphatic heterocycles. The summed E-state index contributed by atoms with van der Waals surface area (Å²) in [5, 5.41) is 8.18. The number of nitrogens with zero attached hydrogens (tertiary/aromatic N) is 4. The lowest BCUT2D eigenvalue weighted by Gasteiger charge is -2.23. The van der Waals surface area contributed by atoms with Crippen LogP contribution in [0.4, 0.5) is 5.82 Å². The fourth-order valence-electron chi connectivity index (χ4n) is 2.09. The Bertz CT molecular complexity index is 427. The maximum absolute atomic E-state index is 12.1. The molecule has 1 atom stereocenters. The highest BCUT2D eigenvalue weighted by Crippen LogP contribution is 2.16. The molecule has 0 spiro atoms. The topological polar surface area (TPSA) is 75.3 Å². The van der Waals surface area contributed by atoms with Gasteiger partial charge in [0.15, 0.2) is 11.5 Å². The van der Waals surface area contributed by atoms with Crippen molar-refractivity contribution in [2.24, 2.45) is 5.73 Å². The smallest absolute Gasteiger partial charge is 0.274 e. The number of nitrogens with two attached hydrogens (primary N) is 1. The molecule has 19 heavy (non-hydrogen) atoms. The Hall–Kier alpha value is -1.69. The van der Waals surface area contributed by atoms with Crippen LogP contribution >= 0.6 is 0 Å². The van der Waals surface area contributed by atoms with Crippen LogP contribution < -0.4 is 10.6 Å². The molecule has 0 radical (unpaired) electrons. The first-order valence-corrected chi connectivity index (χ1v) is 6.69. The number of hydrogen-bond donors (Lipinski definition) is 1. The van der Waals surface area contributed by atoms with Crippen molar-refractivity contribution in [1.82, 2.24) is 15.1 Å². The van der Waals surface area contributed by atoms with E-state index in [-0.39, 0.29) is 11.9 Å². The number of hydrogen-bond acceptors (Lipinski definition) is 5. The van der Waals surface area contributed by atoms with E-state index in [2.05, 4.69) is 15.1 Å². The lowest BCUT2D eigenvalue weighted by atomic mass is 10.2. The summed E-state index contributed by atoms with van der Waals surface area (Å²) in [6.45, 7) is 4.38. The highest BCUT2D eigenvalue weighted by Gasteiger charge is 2.19. The third kappa shape index (κ3) is 3.01. The van der Waals surface area contributed by atoms with Gasteiger partial charge in [-0.2, -0.15) is 0 Å². The van der Waals surface area contributed by atoms with Crippen LogP contribution in [0.2, 0.25) is 0 Å². The lowest BCUT2D eigenvalue weighted by molar-refractivity contribution is 0.0741. The monoisotopic (exact) mass is 263 g/mol. The summed E-state index contributed by atoms with van der Waals surface area (Å²) in [6, 6.07) is 3.60. The highest BCUT2D eigenvalue weighted by molar-refractivity contribution is 5.92. The fraction of sp³-hybridized carbons (Fsp3) is 0.615. The van der Waals surface area contributed by atoms with Crippen LogP contribution in [0, 0.1) is 0 Å². The van der Waals surface area contributed by atoms with Crippen molar-refractivity contribution in [2.75, 3.05) is 31.6 Å². The van der Waals surface area contributed by atoms with E-state index < -0.39 is 0 Å². The van der Waals surface area contributed by atoms with E-state index >= 15 is 0 Å². The van der Waals surface area contributed by atoms with Crippen LogP contribution in [0.5, 0.6) is 0 Å². The molecule has 104 valence electrons. The molecule has 1 aromatic rings. The van der Waals surface area contributed by atoms with Crippen molar-refractivity contribution in [2.45, 2.75) is 25.8 Å². The van der Waals surface area contributed by atoms with Crippen LogP contribution in [0.15, 0.2) is 12.1 Å². The first-order valence-electron chi connectivity index (χ1n) is 6.69. The summed E-state index contributed by atoms with van der Waals surface area (Å²) in [4.78, 5) is 15.9. The van der Waals surface area contributed by atoms with Crippen LogP contribution in [0.25, 0.3) is 0 Å². The van der Waals surface area contributed by atoms with Gasteiger partial charge in [-0.25, -0.2) is 0 Å². The SMILES string of the molecule is CC(CN)N(C)C(=O)c1ccc(N2CCCC2)nn1. The van der Waals surface area contributed by atoms with Gasteiger partial charge in [0.1, 0.15) is 0 Å². The van der Waals surface area contributed by atoms with E-state index in [1.54, 1.807) is 18.0 Å². The largest absolute Gasteiger partial charge is 0.355 e. The minimum absolute atomic E-state index is 0.00689. The van der Waals surface area contributed by atoms with Gasteiger partial charge in [-0.15, -0.1) is 10.2 Å². The Morgan fingerprint density at radius 2 is 2.11 bits per heavy atom. The van der Waals surface area contributed by atoms with Crippen LogP contribution in [-0.2, 0) is 0 Å². The number of carbonyl (C=O) groups excluding carboxylic acids is 1. The van der Waals surface area contributed by atoms with Gasteiger partial charge < -0.3 is 15.5 Å². The molecule has 2 N–H and O–H groups in total. The number of carbonyl (C=O) groups is 1. The molecule has 1 amide bonds. The maximum atomic E-state index is 12.1. The van der Waals surface area contributed by atoms with Gasteiger partial charge in [0.25, 0.3) is 5.91 Å². The van der Waals surface area contributed by atoms with E-state index in [9.17, 15) is 4.79 Å². The molecule has 1 fully saturated rings. The second-order valence-corrected chi connectivity index (χ2v) is 4.97. The summed E-state index contributed by atoms with van der Waals surface area (Å²) in [5.74, 6) is 0.710. The van der Waals surface area contributed by atoms with Gasteiger partial charge in [0.2, 0.25) is 0 Å². The molecular weight excluding hydrogens is 242 g/mol. The maximum Gasteiger partial charge on any atom is 0.274 e. The van der Waals surface area contributed by atoms with Crippen LogP contribution in [0.3, 0.4) is 0 Å². The number of likely N-dealkylation sites (N-methyl/N-ethyl adjacent to an activating group) is 1. The van der Waals surface area contributed by atoms with E-state index in [0.717, 1.165) is 18.9 Å². The van der Waals surface area contributed by atoms with Crippen molar-refractivity contribution in [3.63, 3.8) is 0 Å². The Labute approximate surface area is 113 Å². The number of anilines is 1. The molecule has 0 aliphatic carbocycles. The van der Waals surface area contributed by atoms with Crippen molar-refractivity contribution < 1.29 is 4.79 Å². The predicted molar refractivity (Wildman–Crippen MR) is 74.1 cm³/mol. The summed E-state index contributed by atoms with van der Waals surface area (Å²) >= 11 is 0. The summed E-state index contributed by atoms with van der Waals surface area (Å²) in [5.41, 5.74) is 5.93. The zero-order valence-corrected chi connectivity index (χ0v) is 11.5. The van der Waals surface area contributed by atoms with E-state index in [1.165, 1.54) is 12.8 Å². The van der Waals surface area contributed by atoms with Gasteiger partial charge in [0.05, 0.1) is 0 Å². The minimum Gasteiger partial charge on any atom is -0.355 e. The Kier molecular flexibility index (Phi) is 4.31. The Balaban J connectivity index is 2.07. The van der Waals surface area contributed by atoms with E-state index in [4.69, 9.17) is 5.73 Å². The summed E-state index contributed by atoms with van der Waals surface area (Å²) in [7, 11) is 1.73. The number of rotatable bonds is 4. The standard InChI is InChI=1S/C13H21N5O/c1-10(9-14)17(2)13(19)11-5-6-12(16-15-11)18-7-3-4-8-18/h5-6,10H,3-4,7-9,14H2,1-2H3. The van der Waals surface area contributed by atoms with Crippen LogP contribution in [-0.4, -0.2) is 53.7 Å². The molecular formula is C13H21N5O. The van der Waals surface area contributed by atoms with Crippen molar-refractivity contribution in [1.29, 1.82) is 0 Å². The number of aromatic nitrogens is 2. The second kappa shape index (κ2) is 5.97. The Morgan fingerprint density at radius 1 is 1.42 bits per heavy atom. The van der Waals surface area contributed by atoms with Crippen molar-refractivity contribution >= 4 is 11.7 Å². The zero-order valence-electron chi connectivity index (χ0n) is 11.5. The molecule has 0 aromatic carbocycles. The second-order valence-electron chi connectivity index (χ2n) is 4.97. The average Bonchev–Trinajstić information content (AvgIpc) is 2.99. The van der Waals surface area contributed by atoms with Gasteiger partial charge in [-0.3, -0.25) is 4.79 Å². The first-order chi connectivity index (χ1) is 9.13. The molecule has 1 saturated heterocycles. The van der Waals surface area contributed by atoms with Gasteiger partial charge >= 0.3 is 0 Å². The van der Waals surface area contributed by atoms with Crippen molar-refractivity contribution in [3.05, 3.63) is 17.8 Å². The molecule has 1 unspecified atom stereocenters. The molecule has 6 nitrogen and oxygen atoms in total. The van der Waals surface area contributed by atoms with E-state index in [1.807, 2.05) is 13.0 Å². The molecule has 2 rings (SSSR count). The van der Waals surface area contributed by atoms with Gasteiger partial charge in [-0.1, -0.05) is 0 Å². The molecule has 2 heterocycles. The van der Waals surface area contributed by atoms with Crippen molar-refractivity contribution in [3.8, 4) is 0 Å². The lowest BCUT2D eigenvalue weighted by Crippen LogP contribution is -2.40. The van der Waals surface area contributed by atoms with E-state index in [0.29, 0.717) is 12.2 Å². The highest BCUT2D eigenvalue weighted by atomic mass is 16.2. The Morgan fingerprint density at radius 3 is 2.63 bits per heavy atom. The third-order valence-corrected chi connectivity index (χ3v) is 3.62. The third-order valence-electron chi connectivity index (χ3n) is 3.62. The number of amides is 1. The first kappa shape index (κ1) is 13.7. The van der Waals surface area contributed by atoms with Crippen LogP contribution in [0.1, 0.15) is 30.3 Å². The summed E-state index contributed by atoms with van der Waals surface area (Å²) in [6.07, 6.45) is 2.39. The molecule has 1 aromatic heterocycles. The molecule has 0 saturated carbocycles. The predicted octanol–water partition coefficient (Wildman–Crippen LogP) is 0.496. The fourth-order valence-corrected chi connectivity index (χ4v) is 2.09.